The number of hydrogen-bond acceptors (Lipinski definition) is 3. The topological polar surface area (TPSA) is 24.5 Å². The van der Waals surface area contributed by atoms with Gasteiger partial charge in [0.1, 0.15) is 5.75 Å². The second kappa shape index (κ2) is 5.53. The number of fused-ring (bicyclic) bond motifs is 1. The highest BCUT2D eigenvalue weighted by molar-refractivity contribution is 5.60. The number of hydrogen-bond donors (Lipinski definition) is 1. The maximum atomic E-state index is 5.96. The molecule has 2 aliphatic heterocycles. The molecule has 1 unspecified atom stereocenters. The molecule has 2 fully saturated rings. The molecular formula is C18H28N2O. The van der Waals surface area contributed by atoms with Gasteiger partial charge in [-0.25, -0.2) is 0 Å². The molecule has 0 spiro atoms. The average molecular weight is 288 g/mol. The molecule has 1 aromatic carbocycles. The second-order valence-electron chi connectivity index (χ2n) is 7.09. The van der Waals surface area contributed by atoms with E-state index >= 15 is 0 Å². The maximum Gasteiger partial charge on any atom is 0.119 e. The molecule has 2 atom stereocenters. The molecule has 3 aliphatic rings. The molecule has 1 aromatic rings. The van der Waals surface area contributed by atoms with E-state index in [0.29, 0.717) is 5.92 Å². The Bertz CT molecular complexity index is 518. The quantitative estimate of drug-likeness (QED) is 0.894. The number of benzene rings is 1. The zero-order chi connectivity index (χ0) is 14.2. The first-order chi connectivity index (χ1) is 10.3. The summed E-state index contributed by atoms with van der Waals surface area (Å²) in [5, 5.41) is 3.57. The van der Waals surface area contributed by atoms with Crippen molar-refractivity contribution in [3.05, 3.63) is 23.8 Å². The van der Waals surface area contributed by atoms with E-state index in [1.807, 2.05) is 0 Å². The fourth-order valence-electron chi connectivity index (χ4n) is 3.79. The van der Waals surface area contributed by atoms with Gasteiger partial charge in [0, 0.05) is 25.6 Å². The Hall–Kier alpha value is -1.22. The van der Waals surface area contributed by atoms with Crippen LogP contribution in [-0.2, 0) is 0 Å². The summed E-state index contributed by atoms with van der Waals surface area (Å²) in [6.07, 6.45) is 6.70. The van der Waals surface area contributed by atoms with E-state index in [1.165, 1.54) is 49.9 Å². The second-order valence-corrected chi connectivity index (χ2v) is 7.09. The molecule has 0 bridgehead atoms. The van der Waals surface area contributed by atoms with Crippen LogP contribution in [0.15, 0.2) is 18.2 Å². The van der Waals surface area contributed by atoms with Gasteiger partial charge in [-0.15, -0.1) is 0 Å². The summed E-state index contributed by atoms with van der Waals surface area (Å²) in [6.45, 7) is 3.26. The van der Waals surface area contributed by atoms with Crippen LogP contribution in [0, 0.1) is 5.92 Å². The minimum absolute atomic E-state index is 0. The third-order valence-corrected chi connectivity index (χ3v) is 5.41. The summed E-state index contributed by atoms with van der Waals surface area (Å²) in [5.41, 5.74) is 2.79. The molecule has 1 saturated heterocycles. The first-order valence-corrected chi connectivity index (χ1v) is 8.50. The van der Waals surface area contributed by atoms with Crippen molar-refractivity contribution >= 4 is 5.69 Å². The number of likely N-dealkylation sites (tertiary alicyclic amines) is 1. The van der Waals surface area contributed by atoms with Crippen LogP contribution in [-0.4, -0.2) is 37.7 Å². The fraction of sp³-hybridized carbons (Fsp3) is 0.667. The summed E-state index contributed by atoms with van der Waals surface area (Å²) in [7, 11) is 2.27. The fourth-order valence-corrected chi connectivity index (χ4v) is 3.79. The van der Waals surface area contributed by atoms with Crippen LogP contribution in [0.25, 0.3) is 0 Å². The van der Waals surface area contributed by atoms with Gasteiger partial charge in [-0.3, -0.25) is 0 Å². The lowest BCUT2D eigenvalue weighted by Crippen LogP contribution is -2.27. The van der Waals surface area contributed by atoms with Gasteiger partial charge in [0.15, 0.2) is 0 Å². The predicted molar refractivity (Wildman–Crippen MR) is 88.3 cm³/mol. The molecule has 21 heavy (non-hydrogen) atoms. The lowest BCUT2D eigenvalue weighted by molar-refractivity contribution is 0.284. The van der Waals surface area contributed by atoms with E-state index in [1.54, 1.807) is 0 Å². The van der Waals surface area contributed by atoms with E-state index in [4.69, 9.17) is 4.74 Å². The van der Waals surface area contributed by atoms with E-state index in [2.05, 4.69) is 35.5 Å². The Labute approximate surface area is 129 Å². The van der Waals surface area contributed by atoms with Crippen LogP contribution < -0.4 is 10.1 Å². The number of ether oxygens (including phenoxy) is 1. The van der Waals surface area contributed by atoms with Crippen molar-refractivity contribution in [2.24, 2.45) is 5.92 Å². The molecule has 116 valence electrons. The van der Waals surface area contributed by atoms with Crippen molar-refractivity contribution in [1.29, 1.82) is 0 Å². The molecule has 4 rings (SSSR count). The number of nitrogens with zero attached hydrogens (tertiary/aromatic N) is 1. The zero-order valence-electron chi connectivity index (χ0n) is 13.0. The summed E-state index contributed by atoms with van der Waals surface area (Å²) in [5.74, 6) is 2.53. The normalized spacial score (nSPS) is 28.4. The van der Waals surface area contributed by atoms with E-state index in [-0.39, 0.29) is 1.43 Å². The maximum absolute atomic E-state index is 5.96. The van der Waals surface area contributed by atoms with Gasteiger partial charge in [-0.2, -0.15) is 0 Å². The molecular weight excluding hydrogens is 260 g/mol. The summed E-state index contributed by atoms with van der Waals surface area (Å²) >= 11 is 0. The Morgan fingerprint density at radius 2 is 2.24 bits per heavy atom. The first-order valence-electron chi connectivity index (χ1n) is 8.50. The lowest BCUT2D eigenvalue weighted by Gasteiger charge is -2.23. The highest BCUT2D eigenvalue weighted by Crippen LogP contribution is 2.39. The van der Waals surface area contributed by atoms with Crippen LogP contribution in [0.4, 0.5) is 5.69 Å². The smallest absolute Gasteiger partial charge is 0.119 e. The Morgan fingerprint density at radius 3 is 3.00 bits per heavy atom. The molecule has 0 radical (unpaired) electrons. The molecule has 2 heterocycles. The molecule has 1 N–H and O–H groups in total. The lowest BCUT2D eigenvalue weighted by atomic mass is 9.93. The van der Waals surface area contributed by atoms with Gasteiger partial charge in [0.05, 0.1) is 6.61 Å². The monoisotopic (exact) mass is 288 g/mol. The number of anilines is 1. The molecule has 3 heteroatoms. The van der Waals surface area contributed by atoms with Crippen LogP contribution in [0.1, 0.15) is 45.0 Å². The highest BCUT2D eigenvalue weighted by atomic mass is 16.5. The van der Waals surface area contributed by atoms with Gasteiger partial charge in [0.25, 0.3) is 0 Å². The average Bonchev–Trinajstić information content (AvgIpc) is 3.13. The minimum Gasteiger partial charge on any atom is -0.493 e. The van der Waals surface area contributed by atoms with Crippen LogP contribution in [0.3, 0.4) is 0 Å². The zero-order valence-corrected chi connectivity index (χ0v) is 13.0. The largest absolute Gasteiger partial charge is 0.493 e. The predicted octanol–water partition coefficient (Wildman–Crippen LogP) is 3.71. The Balaban J connectivity index is 0.00000144. The molecule has 0 amide bonds. The Morgan fingerprint density at radius 1 is 1.33 bits per heavy atom. The van der Waals surface area contributed by atoms with Crippen molar-refractivity contribution in [3.8, 4) is 5.75 Å². The summed E-state index contributed by atoms with van der Waals surface area (Å²) < 4.78 is 5.96. The summed E-state index contributed by atoms with van der Waals surface area (Å²) in [4.78, 5) is 2.53. The van der Waals surface area contributed by atoms with E-state index in [9.17, 15) is 0 Å². The molecule has 3 nitrogen and oxygen atoms in total. The molecule has 1 aliphatic carbocycles. The van der Waals surface area contributed by atoms with E-state index in [0.717, 1.165) is 30.9 Å². The molecule has 0 aromatic heterocycles. The highest BCUT2D eigenvalue weighted by Gasteiger charge is 2.29. The first kappa shape index (κ1) is 13.4. The van der Waals surface area contributed by atoms with Gasteiger partial charge >= 0.3 is 0 Å². The van der Waals surface area contributed by atoms with Crippen molar-refractivity contribution in [2.75, 3.05) is 32.1 Å². The van der Waals surface area contributed by atoms with Crippen molar-refractivity contribution in [1.82, 2.24) is 4.90 Å². The standard InChI is InChI=1S/C18H26N2O.H2/c1-20-8-2-3-15(20)9-14-11-19-18-7-6-16(10-17(14)18)21-12-13-4-5-13;/h6-7,10,13-15,19H,2-5,8-9,11-12H2,1H3;1H/t14?,15-;/m1./s1. The number of rotatable bonds is 5. The van der Waals surface area contributed by atoms with Gasteiger partial charge in [-0.05, 0) is 75.4 Å². The number of nitrogens with one attached hydrogen (secondary N) is 1. The van der Waals surface area contributed by atoms with Crippen LogP contribution >= 0.6 is 0 Å². The third-order valence-electron chi connectivity index (χ3n) is 5.41. The van der Waals surface area contributed by atoms with Crippen molar-refractivity contribution in [2.45, 2.75) is 44.1 Å². The van der Waals surface area contributed by atoms with Crippen LogP contribution in [0.5, 0.6) is 5.75 Å². The van der Waals surface area contributed by atoms with Crippen LogP contribution in [0.2, 0.25) is 0 Å². The minimum atomic E-state index is 0. The van der Waals surface area contributed by atoms with Crippen molar-refractivity contribution < 1.29 is 6.16 Å². The van der Waals surface area contributed by atoms with Crippen molar-refractivity contribution in [3.63, 3.8) is 0 Å². The molecule has 1 saturated carbocycles. The SMILES string of the molecule is CN1CCC[C@@H]1CC1CNc2ccc(OCC3CC3)cc21.[HH]. The third kappa shape index (κ3) is 2.89. The van der Waals surface area contributed by atoms with Gasteiger partial charge in [-0.1, -0.05) is 0 Å². The Kier molecular flexibility index (Phi) is 3.54. The summed E-state index contributed by atoms with van der Waals surface area (Å²) in [6, 6.07) is 7.38. The van der Waals surface area contributed by atoms with Gasteiger partial charge < -0.3 is 15.0 Å². The van der Waals surface area contributed by atoms with E-state index < -0.39 is 0 Å². The van der Waals surface area contributed by atoms with Gasteiger partial charge in [0.2, 0.25) is 0 Å².